The number of rotatable bonds is 6. The molecule has 0 bridgehead atoms. The number of benzene rings is 1. The summed E-state index contributed by atoms with van der Waals surface area (Å²) in [5, 5.41) is 4.64. The molecule has 7 heteroatoms. The van der Waals surface area contributed by atoms with Crippen LogP contribution in [0.15, 0.2) is 55.0 Å². The number of pyridine rings is 1. The van der Waals surface area contributed by atoms with Gasteiger partial charge in [0.1, 0.15) is 0 Å². The van der Waals surface area contributed by atoms with Gasteiger partial charge in [0.15, 0.2) is 17.3 Å². The van der Waals surface area contributed by atoms with Gasteiger partial charge in [-0.1, -0.05) is 6.07 Å². The van der Waals surface area contributed by atoms with Crippen molar-refractivity contribution in [2.24, 2.45) is 0 Å². The van der Waals surface area contributed by atoms with Crippen molar-refractivity contribution in [3.05, 3.63) is 66.4 Å². The van der Waals surface area contributed by atoms with Crippen LogP contribution in [0.3, 0.4) is 0 Å². The average Bonchev–Trinajstić information content (AvgIpc) is 3.15. The molecule has 0 unspecified atom stereocenters. The summed E-state index contributed by atoms with van der Waals surface area (Å²) in [6.07, 6.45) is 6.78. The monoisotopic (exact) mass is 361 g/mol. The third-order valence-corrected chi connectivity index (χ3v) is 4.33. The van der Waals surface area contributed by atoms with Crippen LogP contribution < -0.4 is 9.47 Å². The van der Waals surface area contributed by atoms with Crippen LogP contribution in [0.1, 0.15) is 11.4 Å². The molecule has 136 valence electrons. The van der Waals surface area contributed by atoms with Crippen molar-refractivity contribution in [2.45, 2.75) is 12.8 Å². The molecule has 0 aliphatic heterocycles. The average molecular weight is 361 g/mol. The zero-order valence-electron chi connectivity index (χ0n) is 15.2. The van der Waals surface area contributed by atoms with Gasteiger partial charge in [0.2, 0.25) is 0 Å². The van der Waals surface area contributed by atoms with Gasteiger partial charge in [-0.2, -0.15) is 9.50 Å². The summed E-state index contributed by atoms with van der Waals surface area (Å²) in [6, 6.07) is 11.7. The molecule has 4 aromatic rings. The highest BCUT2D eigenvalue weighted by atomic mass is 16.5. The first-order valence-corrected chi connectivity index (χ1v) is 8.60. The standard InChI is InChI=1S/C20H19N5O2/c1-26-17-7-5-14(12-18(17)27-2)6-8-19-23-20-22-11-9-16(25(20)24-19)15-4-3-10-21-13-15/h3-5,7,9-13H,6,8H2,1-2H3. The Labute approximate surface area is 156 Å². The molecule has 0 radical (unpaired) electrons. The van der Waals surface area contributed by atoms with Gasteiger partial charge in [0.25, 0.3) is 5.78 Å². The van der Waals surface area contributed by atoms with E-state index in [1.54, 1.807) is 37.3 Å². The number of nitrogens with zero attached hydrogens (tertiary/aromatic N) is 5. The predicted molar refractivity (Wildman–Crippen MR) is 101 cm³/mol. The van der Waals surface area contributed by atoms with E-state index in [-0.39, 0.29) is 0 Å². The van der Waals surface area contributed by atoms with Gasteiger partial charge < -0.3 is 9.47 Å². The zero-order valence-corrected chi connectivity index (χ0v) is 15.2. The zero-order chi connectivity index (χ0) is 18.6. The molecule has 0 aliphatic carbocycles. The summed E-state index contributed by atoms with van der Waals surface area (Å²) in [4.78, 5) is 13.1. The largest absolute Gasteiger partial charge is 0.493 e. The molecule has 4 rings (SSSR count). The van der Waals surface area contributed by atoms with Crippen molar-refractivity contribution in [3.63, 3.8) is 0 Å². The Morgan fingerprint density at radius 1 is 0.963 bits per heavy atom. The van der Waals surface area contributed by atoms with E-state index in [1.165, 1.54) is 0 Å². The van der Waals surface area contributed by atoms with Crippen LogP contribution >= 0.6 is 0 Å². The van der Waals surface area contributed by atoms with Crippen LogP contribution in [0.4, 0.5) is 0 Å². The lowest BCUT2D eigenvalue weighted by atomic mass is 10.1. The lowest BCUT2D eigenvalue weighted by molar-refractivity contribution is 0.354. The summed E-state index contributed by atoms with van der Waals surface area (Å²) in [6.45, 7) is 0. The summed E-state index contributed by atoms with van der Waals surface area (Å²) >= 11 is 0. The maximum Gasteiger partial charge on any atom is 0.252 e. The minimum atomic E-state index is 0.582. The molecule has 0 aliphatic rings. The maximum atomic E-state index is 5.37. The molecular weight excluding hydrogens is 342 g/mol. The number of hydrogen-bond donors (Lipinski definition) is 0. The summed E-state index contributed by atoms with van der Waals surface area (Å²) in [5.41, 5.74) is 3.02. The molecule has 0 fully saturated rings. The maximum absolute atomic E-state index is 5.37. The molecule has 0 N–H and O–H groups in total. The topological polar surface area (TPSA) is 74.4 Å². The van der Waals surface area contributed by atoms with E-state index >= 15 is 0 Å². The minimum absolute atomic E-state index is 0.582. The lowest BCUT2D eigenvalue weighted by Crippen LogP contribution is -1.98. The fourth-order valence-corrected chi connectivity index (χ4v) is 2.97. The van der Waals surface area contributed by atoms with Gasteiger partial charge in [-0.25, -0.2) is 4.98 Å². The first kappa shape index (κ1) is 17.0. The number of hydrogen-bond acceptors (Lipinski definition) is 6. The van der Waals surface area contributed by atoms with Crippen LogP contribution in [-0.2, 0) is 12.8 Å². The first-order valence-electron chi connectivity index (χ1n) is 8.60. The van der Waals surface area contributed by atoms with Gasteiger partial charge in [-0.05, 0) is 42.3 Å². The van der Waals surface area contributed by atoms with Crippen molar-refractivity contribution < 1.29 is 9.47 Å². The molecule has 3 aromatic heterocycles. The molecule has 27 heavy (non-hydrogen) atoms. The van der Waals surface area contributed by atoms with Crippen LogP contribution in [0, 0.1) is 0 Å². The van der Waals surface area contributed by atoms with Crippen LogP contribution in [0.5, 0.6) is 11.5 Å². The number of ether oxygens (including phenoxy) is 2. The SMILES string of the molecule is COc1ccc(CCc2nc3nccc(-c4cccnc4)n3n2)cc1OC. The Bertz CT molecular complexity index is 1060. The van der Waals surface area contributed by atoms with E-state index < -0.39 is 0 Å². The quantitative estimate of drug-likeness (QED) is 0.526. The van der Waals surface area contributed by atoms with Crippen molar-refractivity contribution in [1.29, 1.82) is 0 Å². The summed E-state index contributed by atoms with van der Waals surface area (Å²) in [7, 11) is 3.27. The highest BCUT2D eigenvalue weighted by molar-refractivity contribution is 5.59. The highest BCUT2D eigenvalue weighted by Crippen LogP contribution is 2.28. The number of methoxy groups -OCH3 is 2. The van der Waals surface area contributed by atoms with Crippen molar-refractivity contribution in [3.8, 4) is 22.8 Å². The molecule has 0 atom stereocenters. The van der Waals surface area contributed by atoms with Crippen LogP contribution in [0.25, 0.3) is 17.0 Å². The highest BCUT2D eigenvalue weighted by Gasteiger charge is 2.11. The van der Waals surface area contributed by atoms with Gasteiger partial charge in [-0.15, -0.1) is 5.10 Å². The smallest absolute Gasteiger partial charge is 0.252 e. The fourth-order valence-electron chi connectivity index (χ4n) is 2.97. The van der Waals surface area contributed by atoms with E-state index in [4.69, 9.17) is 9.47 Å². The Kier molecular flexibility index (Phi) is 4.65. The van der Waals surface area contributed by atoms with Crippen molar-refractivity contribution in [1.82, 2.24) is 24.6 Å². The predicted octanol–water partition coefficient (Wildman–Crippen LogP) is 2.99. The molecule has 7 nitrogen and oxygen atoms in total. The Balaban J connectivity index is 1.59. The van der Waals surface area contributed by atoms with E-state index in [0.29, 0.717) is 12.2 Å². The summed E-state index contributed by atoms with van der Waals surface area (Å²) < 4.78 is 12.4. The van der Waals surface area contributed by atoms with E-state index in [0.717, 1.165) is 40.6 Å². The van der Waals surface area contributed by atoms with E-state index in [9.17, 15) is 0 Å². The van der Waals surface area contributed by atoms with Crippen LogP contribution in [-0.4, -0.2) is 38.8 Å². The molecule has 3 heterocycles. The molecule has 0 saturated carbocycles. The second-order valence-electron chi connectivity index (χ2n) is 6.00. The third kappa shape index (κ3) is 3.44. The number of fused-ring (bicyclic) bond motifs is 1. The van der Waals surface area contributed by atoms with Crippen molar-refractivity contribution >= 4 is 5.78 Å². The molecule has 0 spiro atoms. The fraction of sp³-hybridized carbons (Fsp3) is 0.200. The van der Waals surface area contributed by atoms with Gasteiger partial charge in [0, 0.05) is 30.6 Å². The number of aryl methyl sites for hydroxylation is 2. The molecule has 0 saturated heterocycles. The second kappa shape index (κ2) is 7.41. The second-order valence-corrected chi connectivity index (χ2v) is 6.00. The van der Waals surface area contributed by atoms with Gasteiger partial charge in [0.05, 0.1) is 19.9 Å². The third-order valence-electron chi connectivity index (χ3n) is 4.33. The van der Waals surface area contributed by atoms with Crippen molar-refractivity contribution in [2.75, 3.05) is 14.2 Å². The van der Waals surface area contributed by atoms with Gasteiger partial charge in [-0.3, -0.25) is 4.98 Å². The normalized spacial score (nSPS) is 10.9. The van der Waals surface area contributed by atoms with Crippen LogP contribution in [0.2, 0.25) is 0 Å². The van der Waals surface area contributed by atoms with Gasteiger partial charge >= 0.3 is 0 Å². The Morgan fingerprint density at radius 3 is 2.63 bits per heavy atom. The number of aromatic nitrogens is 5. The Hall–Kier alpha value is -3.48. The van der Waals surface area contributed by atoms with E-state index in [2.05, 4.69) is 20.1 Å². The Morgan fingerprint density at radius 2 is 1.85 bits per heavy atom. The molecule has 0 amide bonds. The minimum Gasteiger partial charge on any atom is -0.493 e. The lowest BCUT2D eigenvalue weighted by Gasteiger charge is -2.08. The summed E-state index contributed by atoms with van der Waals surface area (Å²) in [5.74, 6) is 2.77. The first-order chi connectivity index (χ1) is 13.3. The molecular formula is C20H19N5O2. The molecule has 1 aromatic carbocycles. The van der Waals surface area contributed by atoms with E-state index in [1.807, 2.05) is 36.4 Å².